The molecule has 3 aromatic rings. The van der Waals surface area contributed by atoms with E-state index in [0.29, 0.717) is 16.9 Å². The molecule has 0 fully saturated rings. The van der Waals surface area contributed by atoms with E-state index in [9.17, 15) is 18.8 Å². The maximum absolute atomic E-state index is 13.5. The average molecular weight is 432 g/mol. The summed E-state index contributed by atoms with van der Waals surface area (Å²) >= 11 is 0. The van der Waals surface area contributed by atoms with Crippen LogP contribution in [0.25, 0.3) is 0 Å². The van der Waals surface area contributed by atoms with Gasteiger partial charge in [-0.15, -0.1) is 0 Å². The number of ketones is 1. The molecule has 1 unspecified atom stereocenters. The van der Waals surface area contributed by atoms with Crippen LogP contribution in [0, 0.1) is 11.2 Å². The number of carbonyl (C=O) groups excluding carboxylic acids is 3. The summed E-state index contributed by atoms with van der Waals surface area (Å²) in [5.74, 6) is -3.13. The summed E-state index contributed by atoms with van der Waals surface area (Å²) in [6.45, 7) is 1.66. The molecule has 0 bridgehead atoms. The first-order valence-corrected chi connectivity index (χ1v) is 10.3. The van der Waals surface area contributed by atoms with E-state index in [0.717, 1.165) is 12.1 Å². The van der Waals surface area contributed by atoms with Crippen LogP contribution in [0.3, 0.4) is 0 Å². The Morgan fingerprint density at radius 2 is 1.62 bits per heavy atom. The van der Waals surface area contributed by atoms with Crippen molar-refractivity contribution < 1.29 is 28.2 Å². The maximum Gasteiger partial charge on any atom is 0.330 e. The summed E-state index contributed by atoms with van der Waals surface area (Å²) in [6.07, 6.45) is -0.482. The molecule has 162 valence electrons. The van der Waals surface area contributed by atoms with Gasteiger partial charge in [-0.25, -0.2) is 4.39 Å². The summed E-state index contributed by atoms with van der Waals surface area (Å²) in [7, 11) is 0. The summed E-state index contributed by atoms with van der Waals surface area (Å²) in [6, 6.07) is 21.0. The molecule has 0 radical (unpaired) electrons. The molecule has 0 spiro atoms. The van der Waals surface area contributed by atoms with Gasteiger partial charge in [0.2, 0.25) is 0 Å². The zero-order valence-electron chi connectivity index (χ0n) is 17.4. The lowest BCUT2D eigenvalue weighted by atomic mass is 9.64. The molecule has 0 saturated carbocycles. The first-order valence-electron chi connectivity index (χ1n) is 10.3. The van der Waals surface area contributed by atoms with Gasteiger partial charge in [-0.05, 0) is 42.8 Å². The van der Waals surface area contributed by atoms with Crippen LogP contribution in [0.2, 0.25) is 0 Å². The fourth-order valence-corrected chi connectivity index (χ4v) is 4.19. The SMILES string of the molecule is CCOC(=O)[C@]1(CC(=O)c2ccc(F)cc2)C(=O)Oc2ccccc2C1c1ccccc1. The number of para-hydroxylation sites is 1. The van der Waals surface area contributed by atoms with Crippen LogP contribution >= 0.6 is 0 Å². The van der Waals surface area contributed by atoms with Crippen molar-refractivity contribution in [2.75, 3.05) is 6.61 Å². The van der Waals surface area contributed by atoms with Gasteiger partial charge in [0.25, 0.3) is 0 Å². The fourth-order valence-electron chi connectivity index (χ4n) is 4.19. The van der Waals surface area contributed by atoms with Crippen molar-refractivity contribution in [2.45, 2.75) is 19.3 Å². The first-order chi connectivity index (χ1) is 15.5. The van der Waals surface area contributed by atoms with E-state index >= 15 is 0 Å². The third-order valence-electron chi connectivity index (χ3n) is 5.67. The summed E-state index contributed by atoms with van der Waals surface area (Å²) in [5.41, 5.74) is -0.458. The van der Waals surface area contributed by atoms with Gasteiger partial charge in [-0.1, -0.05) is 48.5 Å². The standard InChI is InChI=1S/C26H21FO5/c1-2-31-24(29)26(16-21(28)17-12-14-19(27)15-13-17)23(18-8-4-3-5-9-18)20-10-6-7-11-22(20)32-25(26)30/h3-15,23H,2,16H2,1H3/t23?,26-/m1/s1. The topological polar surface area (TPSA) is 69.7 Å². The van der Waals surface area contributed by atoms with Gasteiger partial charge >= 0.3 is 11.9 Å². The van der Waals surface area contributed by atoms with Gasteiger partial charge in [0, 0.05) is 23.5 Å². The number of carbonyl (C=O) groups is 3. The lowest BCUT2D eigenvalue weighted by Gasteiger charge is -2.40. The van der Waals surface area contributed by atoms with Crippen LogP contribution in [0.1, 0.15) is 40.7 Å². The maximum atomic E-state index is 13.5. The van der Waals surface area contributed by atoms with Crippen LogP contribution in [0.15, 0.2) is 78.9 Å². The lowest BCUT2D eigenvalue weighted by Crippen LogP contribution is -2.52. The molecule has 1 aliphatic heterocycles. The monoisotopic (exact) mass is 432 g/mol. The second kappa shape index (κ2) is 8.75. The van der Waals surface area contributed by atoms with E-state index in [4.69, 9.17) is 9.47 Å². The number of hydrogen-bond acceptors (Lipinski definition) is 5. The number of benzene rings is 3. The molecular formula is C26H21FO5. The minimum absolute atomic E-state index is 0.0295. The number of esters is 2. The number of hydrogen-bond donors (Lipinski definition) is 0. The normalized spacial score (nSPS) is 19.6. The molecule has 1 aliphatic rings. The smallest absolute Gasteiger partial charge is 0.330 e. The van der Waals surface area contributed by atoms with E-state index in [1.54, 1.807) is 55.5 Å². The molecule has 5 nitrogen and oxygen atoms in total. The van der Waals surface area contributed by atoms with E-state index in [1.807, 2.05) is 6.07 Å². The second-order valence-electron chi connectivity index (χ2n) is 7.57. The van der Waals surface area contributed by atoms with E-state index < -0.39 is 41.3 Å². The van der Waals surface area contributed by atoms with Gasteiger partial charge in [-0.3, -0.25) is 14.4 Å². The highest BCUT2D eigenvalue weighted by atomic mass is 19.1. The average Bonchev–Trinajstić information content (AvgIpc) is 2.80. The Kier molecular flexibility index (Phi) is 5.86. The van der Waals surface area contributed by atoms with Crippen molar-refractivity contribution in [1.29, 1.82) is 0 Å². The quantitative estimate of drug-likeness (QED) is 0.244. The molecule has 6 heteroatoms. The number of ether oxygens (including phenoxy) is 2. The molecule has 3 aromatic carbocycles. The number of fused-ring (bicyclic) bond motifs is 1. The highest BCUT2D eigenvalue weighted by Gasteiger charge is 2.60. The van der Waals surface area contributed by atoms with Crippen LogP contribution in [-0.4, -0.2) is 24.3 Å². The van der Waals surface area contributed by atoms with Gasteiger partial charge in [0.15, 0.2) is 11.2 Å². The zero-order chi connectivity index (χ0) is 22.7. The largest absolute Gasteiger partial charge is 0.465 e. The summed E-state index contributed by atoms with van der Waals surface area (Å²) in [4.78, 5) is 40.1. The van der Waals surface area contributed by atoms with E-state index in [-0.39, 0.29) is 12.2 Å². The summed E-state index contributed by atoms with van der Waals surface area (Å²) < 4.78 is 24.3. The molecule has 32 heavy (non-hydrogen) atoms. The van der Waals surface area contributed by atoms with Gasteiger partial charge in [0.1, 0.15) is 11.6 Å². The number of rotatable bonds is 6. The van der Waals surface area contributed by atoms with E-state index in [2.05, 4.69) is 0 Å². The van der Waals surface area contributed by atoms with Crippen molar-refractivity contribution in [3.8, 4) is 5.75 Å². The Labute approximate surface area is 184 Å². The van der Waals surface area contributed by atoms with Crippen LogP contribution < -0.4 is 4.74 Å². The fraction of sp³-hybridized carbons (Fsp3) is 0.192. The van der Waals surface area contributed by atoms with Crippen LogP contribution in [-0.2, 0) is 14.3 Å². The minimum atomic E-state index is -1.93. The van der Waals surface area contributed by atoms with Crippen LogP contribution in [0.4, 0.5) is 4.39 Å². The zero-order valence-corrected chi connectivity index (χ0v) is 17.4. The molecule has 0 aromatic heterocycles. The number of Topliss-reactive ketones (excluding diaryl/α,β-unsaturated/α-hetero) is 1. The Morgan fingerprint density at radius 1 is 0.969 bits per heavy atom. The van der Waals surface area contributed by atoms with Gasteiger partial charge in [-0.2, -0.15) is 0 Å². The van der Waals surface area contributed by atoms with Crippen molar-refractivity contribution >= 4 is 17.7 Å². The Balaban J connectivity index is 1.91. The predicted octanol–water partition coefficient (Wildman–Crippen LogP) is 4.70. The lowest BCUT2D eigenvalue weighted by molar-refractivity contribution is -0.169. The molecule has 0 N–H and O–H groups in total. The molecule has 1 heterocycles. The van der Waals surface area contributed by atoms with Crippen LogP contribution in [0.5, 0.6) is 5.75 Å². The van der Waals surface area contributed by atoms with Crippen molar-refractivity contribution in [1.82, 2.24) is 0 Å². The first kappa shape index (κ1) is 21.4. The van der Waals surface area contributed by atoms with Crippen molar-refractivity contribution in [3.63, 3.8) is 0 Å². The Bertz CT molecular complexity index is 1160. The molecule has 0 amide bonds. The minimum Gasteiger partial charge on any atom is -0.465 e. The van der Waals surface area contributed by atoms with E-state index in [1.165, 1.54) is 12.1 Å². The molecule has 0 saturated heterocycles. The third-order valence-corrected chi connectivity index (χ3v) is 5.67. The molecule has 0 aliphatic carbocycles. The second-order valence-corrected chi connectivity index (χ2v) is 7.57. The third kappa shape index (κ3) is 3.68. The van der Waals surface area contributed by atoms with Gasteiger partial charge < -0.3 is 9.47 Å². The number of halogens is 1. The summed E-state index contributed by atoms with van der Waals surface area (Å²) in [5, 5.41) is 0. The molecular weight excluding hydrogens is 411 g/mol. The Morgan fingerprint density at radius 3 is 2.31 bits per heavy atom. The highest BCUT2D eigenvalue weighted by Crippen LogP contribution is 2.52. The Hall–Kier alpha value is -3.80. The molecule has 2 atom stereocenters. The van der Waals surface area contributed by atoms with Crippen molar-refractivity contribution in [3.05, 3.63) is 101 Å². The van der Waals surface area contributed by atoms with Crippen molar-refractivity contribution in [2.24, 2.45) is 5.41 Å². The molecule has 4 rings (SSSR count). The van der Waals surface area contributed by atoms with Gasteiger partial charge in [0.05, 0.1) is 6.61 Å². The predicted molar refractivity (Wildman–Crippen MR) is 115 cm³/mol. The highest BCUT2D eigenvalue weighted by molar-refractivity contribution is 6.10.